The first-order valence-electron chi connectivity index (χ1n) is 9.70. The fourth-order valence-corrected chi connectivity index (χ4v) is 3.48. The van der Waals surface area contributed by atoms with Crippen molar-refractivity contribution in [2.75, 3.05) is 18.5 Å². The maximum Gasteiger partial charge on any atom is 0.259 e. The lowest BCUT2D eigenvalue weighted by Crippen LogP contribution is -2.32. The van der Waals surface area contributed by atoms with Gasteiger partial charge in [-0.2, -0.15) is 0 Å². The van der Waals surface area contributed by atoms with Gasteiger partial charge in [-0.1, -0.05) is 28.1 Å². The quantitative estimate of drug-likeness (QED) is 0.641. The number of hydrogen-bond acceptors (Lipinski definition) is 4. The minimum atomic E-state index is -0.346. The van der Waals surface area contributed by atoms with Gasteiger partial charge in [0, 0.05) is 17.6 Å². The van der Waals surface area contributed by atoms with Gasteiger partial charge in [-0.3, -0.25) is 9.59 Å². The van der Waals surface area contributed by atoms with E-state index in [1.807, 2.05) is 19.9 Å². The van der Waals surface area contributed by atoms with Gasteiger partial charge in [0.05, 0.1) is 29.0 Å². The van der Waals surface area contributed by atoms with Crippen LogP contribution in [0.25, 0.3) is 0 Å². The number of nitrogens with one attached hydrogen (secondary N) is 2. The number of carbonyl (C=O) groups is 2. The number of amides is 2. The largest absolute Gasteiger partial charge is 0.490 e. The summed E-state index contributed by atoms with van der Waals surface area (Å²) < 4.78 is 12.1. The molecule has 29 heavy (non-hydrogen) atoms. The van der Waals surface area contributed by atoms with Crippen LogP contribution in [0.4, 0.5) is 5.69 Å². The molecule has 1 saturated heterocycles. The van der Waals surface area contributed by atoms with Gasteiger partial charge in [-0.25, -0.2) is 0 Å². The van der Waals surface area contributed by atoms with Crippen molar-refractivity contribution >= 4 is 33.4 Å². The summed E-state index contributed by atoms with van der Waals surface area (Å²) >= 11 is 3.40. The fraction of sp³-hybridized carbons (Fsp3) is 0.364. The Morgan fingerprint density at radius 3 is 2.69 bits per heavy atom. The predicted octanol–water partition coefficient (Wildman–Crippen LogP) is 4.40. The molecule has 3 rings (SSSR count). The Balaban J connectivity index is 1.76. The van der Waals surface area contributed by atoms with Crippen molar-refractivity contribution in [2.24, 2.45) is 0 Å². The Kier molecular flexibility index (Phi) is 7.28. The van der Waals surface area contributed by atoms with Crippen LogP contribution in [0.3, 0.4) is 0 Å². The van der Waals surface area contributed by atoms with E-state index in [0.29, 0.717) is 29.1 Å². The van der Waals surface area contributed by atoms with E-state index in [2.05, 4.69) is 26.6 Å². The molecule has 0 radical (unpaired) electrons. The molecular formula is C22H25BrN2O4. The summed E-state index contributed by atoms with van der Waals surface area (Å²) in [5.74, 6) is -0.105. The Morgan fingerprint density at radius 2 is 1.97 bits per heavy atom. The van der Waals surface area contributed by atoms with E-state index in [4.69, 9.17) is 9.47 Å². The summed E-state index contributed by atoms with van der Waals surface area (Å²) in [6.45, 7) is 4.99. The second-order valence-electron chi connectivity index (χ2n) is 7.15. The van der Waals surface area contributed by atoms with Crippen LogP contribution >= 0.6 is 15.9 Å². The van der Waals surface area contributed by atoms with Crippen LogP contribution in [0, 0.1) is 0 Å². The van der Waals surface area contributed by atoms with E-state index in [9.17, 15) is 9.59 Å². The Morgan fingerprint density at radius 1 is 1.17 bits per heavy atom. The number of rotatable bonds is 7. The van der Waals surface area contributed by atoms with Crippen molar-refractivity contribution < 1.29 is 19.1 Å². The van der Waals surface area contributed by atoms with E-state index in [1.165, 1.54) is 0 Å². The highest BCUT2D eigenvalue weighted by Gasteiger charge is 2.20. The van der Waals surface area contributed by atoms with Gasteiger partial charge in [-0.05, 0) is 57.0 Å². The molecule has 1 aliphatic rings. The Labute approximate surface area is 179 Å². The number of anilines is 1. The molecule has 6 nitrogen and oxygen atoms in total. The zero-order valence-electron chi connectivity index (χ0n) is 16.5. The topological polar surface area (TPSA) is 76.7 Å². The average Bonchev–Trinajstić information content (AvgIpc) is 3.21. The van der Waals surface area contributed by atoms with Crippen LogP contribution in [0.5, 0.6) is 5.75 Å². The highest BCUT2D eigenvalue weighted by molar-refractivity contribution is 9.10. The second-order valence-corrected chi connectivity index (χ2v) is 8.07. The highest BCUT2D eigenvalue weighted by atomic mass is 79.9. The number of hydrogen-bond donors (Lipinski definition) is 2. The van der Waals surface area contributed by atoms with Crippen LogP contribution in [0.15, 0.2) is 46.9 Å². The molecule has 2 amide bonds. The van der Waals surface area contributed by atoms with Gasteiger partial charge < -0.3 is 20.1 Å². The minimum Gasteiger partial charge on any atom is -0.490 e. The molecule has 154 valence electrons. The number of benzene rings is 2. The van der Waals surface area contributed by atoms with E-state index in [1.54, 1.807) is 36.4 Å². The first kappa shape index (κ1) is 21.3. The van der Waals surface area contributed by atoms with Crippen LogP contribution in [-0.4, -0.2) is 37.2 Å². The third kappa shape index (κ3) is 5.81. The predicted molar refractivity (Wildman–Crippen MR) is 116 cm³/mol. The average molecular weight is 461 g/mol. The fourth-order valence-electron chi connectivity index (χ4n) is 3.12. The van der Waals surface area contributed by atoms with Gasteiger partial charge >= 0.3 is 0 Å². The summed E-state index contributed by atoms with van der Waals surface area (Å²) in [5, 5.41) is 5.74. The van der Waals surface area contributed by atoms with Gasteiger partial charge in [0.1, 0.15) is 5.75 Å². The zero-order valence-corrected chi connectivity index (χ0v) is 18.1. The Bertz CT molecular complexity index is 879. The molecule has 1 aliphatic heterocycles. The first-order valence-corrected chi connectivity index (χ1v) is 10.5. The number of ether oxygens (including phenoxy) is 2. The molecular weight excluding hydrogens is 436 g/mol. The SMILES string of the molecule is CC(C)Oc1ccc(Br)cc1C(=O)Nc1ccccc1C(=O)NCC1CCCO1. The molecule has 0 saturated carbocycles. The summed E-state index contributed by atoms with van der Waals surface area (Å²) in [6.07, 6.45) is 1.94. The van der Waals surface area contributed by atoms with Gasteiger partial charge in [-0.15, -0.1) is 0 Å². The molecule has 1 heterocycles. The lowest BCUT2D eigenvalue weighted by atomic mass is 10.1. The lowest BCUT2D eigenvalue weighted by Gasteiger charge is -2.16. The van der Waals surface area contributed by atoms with E-state index >= 15 is 0 Å². The monoisotopic (exact) mass is 460 g/mol. The van der Waals surface area contributed by atoms with E-state index in [0.717, 1.165) is 23.9 Å². The van der Waals surface area contributed by atoms with Crippen molar-refractivity contribution in [3.05, 3.63) is 58.1 Å². The Hall–Kier alpha value is -2.38. The first-order chi connectivity index (χ1) is 13.9. The molecule has 2 aromatic rings. The minimum absolute atomic E-state index is 0.0538. The molecule has 0 bridgehead atoms. The lowest BCUT2D eigenvalue weighted by molar-refractivity contribution is 0.0858. The van der Waals surface area contributed by atoms with Crippen molar-refractivity contribution in [2.45, 2.75) is 38.9 Å². The summed E-state index contributed by atoms with van der Waals surface area (Å²) in [7, 11) is 0. The number of carbonyl (C=O) groups excluding carboxylic acids is 2. The van der Waals surface area contributed by atoms with E-state index in [-0.39, 0.29) is 24.0 Å². The zero-order chi connectivity index (χ0) is 20.8. The smallest absolute Gasteiger partial charge is 0.259 e. The third-order valence-electron chi connectivity index (χ3n) is 4.48. The maximum atomic E-state index is 12.9. The molecule has 0 aromatic heterocycles. The molecule has 7 heteroatoms. The van der Waals surface area contributed by atoms with Crippen molar-refractivity contribution in [3.8, 4) is 5.75 Å². The third-order valence-corrected chi connectivity index (χ3v) is 4.98. The molecule has 2 aromatic carbocycles. The summed E-state index contributed by atoms with van der Waals surface area (Å²) in [6, 6.07) is 12.2. The molecule has 2 N–H and O–H groups in total. The normalized spacial score (nSPS) is 15.9. The van der Waals surface area contributed by atoms with Crippen molar-refractivity contribution in [1.29, 1.82) is 0 Å². The van der Waals surface area contributed by atoms with Crippen molar-refractivity contribution in [1.82, 2.24) is 5.32 Å². The van der Waals surface area contributed by atoms with Gasteiger partial charge in [0.25, 0.3) is 11.8 Å². The highest BCUT2D eigenvalue weighted by Crippen LogP contribution is 2.26. The summed E-state index contributed by atoms with van der Waals surface area (Å²) in [4.78, 5) is 25.6. The standard InChI is InChI=1S/C22H25BrN2O4/c1-14(2)29-20-10-9-15(23)12-18(20)22(27)25-19-8-4-3-7-17(19)21(26)24-13-16-6-5-11-28-16/h3-4,7-10,12,14,16H,5-6,11,13H2,1-2H3,(H,24,26)(H,25,27). The number of halogens is 1. The van der Waals surface area contributed by atoms with Gasteiger partial charge in [0.15, 0.2) is 0 Å². The second kappa shape index (κ2) is 9.89. The molecule has 1 atom stereocenters. The molecule has 0 spiro atoms. The van der Waals surface area contributed by atoms with Crippen LogP contribution in [0.2, 0.25) is 0 Å². The van der Waals surface area contributed by atoms with Crippen LogP contribution < -0.4 is 15.4 Å². The van der Waals surface area contributed by atoms with Gasteiger partial charge in [0.2, 0.25) is 0 Å². The number of para-hydroxylation sites is 1. The molecule has 0 aliphatic carbocycles. The van der Waals surface area contributed by atoms with Crippen molar-refractivity contribution in [3.63, 3.8) is 0 Å². The van der Waals surface area contributed by atoms with Crippen LogP contribution in [0.1, 0.15) is 47.4 Å². The molecule has 1 fully saturated rings. The van der Waals surface area contributed by atoms with E-state index < -0.39 is 0 Å². The van der Waals surface area contributed by atoms with Crippen LogP contribution in [-0.2, 0) is 4.74 Å². The summed E-state index contributed by atoms with van der Waals surface area (Å²) in [5.41, 5.74) is 1.24. The molecule has 1 unspecified atom stereocenters. The maximum absolute atomic E-state index is 12.9.